The zero-order valence-corrected chi connectivity index (χ0v) is 11.2. The van der Waals surface area contributed by atoms with Gasteiger partial charge in [-0.1, -0.05) is 0 Å². The van der Waals surface area contributed by atoms with Gasteiger partial charge in [-0.2, -0.15) is 0 Å². The number of phenolic OH excluding ortho intramolecular Hbond substituents is 1. The predicted molar refractivity (Wildman–Crippen MR) is 67.0 cm³/mol. The van der Waals surface area contributed by atoms with Crippen molar-refractivity contribution >= 4 is 15.9 Å². The molecule has 1 fully saturated rings. The van der Waals surface area contributed by atoms with Crippen molar-refractivity contribution in [3.8, 4) is 11.5 Å². The standard InChI is InChI=1S/C12H15BrFNO2/c1-17-12-9(13)6-10(14)8(11(12)16)5-7-3-2-4-15-7/h6-7,15-16H,2-5H2,1H3. The van der Waals surface area contributed by atoms with Gasteiger partial charge in [0.05, 0.1) is 11.6 Å². The summed E-state index contributed by atoms with van der Waals surface area (Å²) in [6.07, 6.45) is 2.60. The smallest absolute Gasteiger partial charge is 0.175 e. The summed E-state index contributed by atoms with van der Waals surface area (Å²) in [5, 5.41) is 13.3. The minimum absolute atomic E-state index is 0.104. The highest BCUT2D eigenvalue weighted by Crippen LogP contribution is 2.39. The van der Waals surface area contributed by atoms with Crippen molar-refractivity contribution < 1.29 is 14.2 Å². The molecule has 94 valence electrons. The Balaban J connectivity index is 2.31. The van der Waals surface area contributed by atoms with E-state index in [1.165, 1.54) is 13.2 Å². The van der Waals surface area contributed by atoms with Crippen LogP contribution in [0.2, 0.25) is 0 Å². The molecule has 1 unspecified atom stereocenters. The summed E-state index contributed by atoms with van der Waals surface area (Å²) >= 11 is 3.16. The van der Waals surface area contributed by atoms with E-state index >= 15 is 0 Å². The monoisotopic (exact) mass is 303 g/mol. The molecule has 5 heteroatoms. The SMILES string of the molecule is COc1c(Br)cc(F)c(CC2CCCN2)c1O. The third-order valence-electron chi connectivity index (χ3n) is 3.08. The van der Waals surface area contributed by atoms with Crippen LogP contribution < -0.4 is 10.1 Å². The van der Waals surface area contributed by atoms with Crippen LogP contribution >= 0.6 is 15.9 Å². The Morgan fingerprint density at radius 1 is 1.65 bits per heavy atom. The third-order valence-corrected chi connectivity index (χ3v) is 3.67. The molecule has 2 rings (SSSR count). The van der Waals surface area contributed by atoms with Crippen LogP contribution in [0.1, 0.15) is 18.4 Å². The van der Waals surface area contributed by atoms with Gasteiger partial charge in [0.1, 0.15) is 5.82 Å². The number of nitrogens with one attached hydrogen (secondary N) is 1. The van der Waals surface area contributed by atoms with Crippen LogP contribution in [-0.4, -0.2) is 24.8 Å². The average Bonchev–Trinajstić information content (AvgIpc) is 2.77. The number of hydrogen-bond acceptors (Lipinski definition) is 3. The topological polar surface area (TPSA) is 41.5 Å². The lowest BCUT2D eigenvalue weighted by molar-refractivity contribution is 0.363. The number of benzene rings is 1. The van der Waals surface area contributed by atoms with Crippen LogP contribution in [-0.2, 0) is 6.42 Å². The summed E-state index contributed by atoms with van der Waals surface area (Å²) in [7, 11) is 1.45. The Bertz CT molecular complexity index is 419. The van der Waals surface area contributed by atoms with Gasteiger partial charge in [0.15, 0.2) is 11.5 Å². The Morgan fingerprint density at radius 3 is 3.00 bits per heavy atom. The lowest BCUT2D eigenvalue weighted by atomic mass is 10.0. The summed E-state index contributed by atoms with van der Waals surface area (Å²) in [5.74, 6) is -0.212. The molecule has 0 bridgehead atoms. The fraction of sp³-hybridized carbons (Fsp3) is 0.500. The molecule has 1 aromatic carbocycles. The maximum absolute atomic E-state index is 13.8. The Morgan fingerprint density at radius 2 is 2.41 bits per heavy atom. The largest absolute Gasteiger partial charge is 0.504 e. The van der Waals surface area contributed by atoms with Crippen molar-refractivity contribution in [1.82, 2.24) is 5.32 Å². The van der Waals surface area contributed by atoms with Crippen molar-refractivity contribution in [3.05, 3.63) is 21.9 Å². The van der Waals surface area contributed by atoms with Gasteiger partial charge in [-0.3, -0.25) is 0 Å². The van der Waals surface area contributed by atoms with Crippen LogP contribution in [0.15, 0.2) is 10.5 Å². The molecule has 0 radical (unpaired) electrons. The molecule has 2 N–H and O–H groups in total. The number of halogens is 2. The van der Waals surface area contributed by atoms with Crippen molar-refractivity contribution in [1.29, 1.82) is 0 Å². The third kappa shape index (κ3) is 2.55. The predicted octanol–water partition coefficient (Wildman–Crippen LogP) is 2.60. The van der Waals surface area contributed by atoms with Crippen molar-refractivity contribution in [2.24, 2.45) is 0 Å². The summed E-state index contributed by atoms with van der Waals surface area (Å²) in [4.78, 5) is 0. The van der Waals surface area contributed by atoms with Crippen LogP contribution in [0, 0.1) is 5.82 Å². The molecule has 0 amide bonds. The minimum atomic E-state index is -0.399. The maximum Gasteiger partial charge on any atom is 0.175 e. The van der Waals surface area contributed by atoms with Crippen molar-refractivity contribution in [2.75, 3.05) is 13.7 Å². The molecule has 0 aromatic heterocycles. The lowest BCUT2D eigenvalue weighted by Gasteiger charge is -2.15. The van der Waals surface area contributed by atoms with E-state index < -0.39 is 5.82 Å². The van der Waals surface area contributed by atoms with E-state index in [0.717, 1.165) is 19.4 Å². The number of methoxy groups -OCH3 is 1. The van der Waals surface area contributed by atoms with Gasteiger partial charge in [0.25, 0.3) is 0 Å². The second-order valence-corrected chi connectivity index (χ2v) is 5.05. The molecular formula is C12H15BrFNO2. The molecule has 0 aliphatic carbocycles. The van der Waals surface area contributed by atoms with Gasteiger partial charge < -0.3 is 15.2 Å². The van der Waals surface area contributed by atoms with Gasteiger partial charge in [0.2, 0.25) is 0 Å². The average molecular weight is 304 g/mol. The highest BCUT2D eigenvalue weighted by atomic mass is 79.9. The van der Waals surface area contributed by atoms with E-state index in [-0.39, 0.29) is 11.8 Å². The van der Waals surface area contributed by atoms with E-state index in [4.69, 9.17) is 4.74 Å². The van der Waals surface area contributed by atoms with Crippen molar-refractivity contribution in [2.45, 2.75) is 25.3 Å². The summed E-state index contributed by atoms with van der Waals surface area (Å²) in [6.45, 7) is 0.959. The second-order valence-electron chi connectivity index (χ2n) is 4.20. The lowest BCUT2D eigenvalue weighted by Crippen LogP contribution is -2.24. The molecule has 17 heavy (non-hydrogen) atoms. The van der Waals surface area contributed by atoms with E-state index in [1.807, 2.05) is 0 Å². The fourth-order valence-corrected chi connectivity index (χ4v) is 2.74. The molecule has 1 saturated heterocycles. The number of rotatable bonds is 3. The fourth-order valence-electron chi connectivity index (χ4n) is 2.19. The van der Waals surface area contributed by atoms with E-state index in [9.17, 15) is 9.50 Å². The zero-order chi connectivity index (χ0) is 12.4. The minimum Gasteiger partial charge on any atom is -0.504 e. The Labute approximate surface area is 108 Å². The first kappa shape index (κ1) is 12.6. The number of hydrogen-bond donors (Lipinski definition) is 2. The molecule has 0 saturated carbocycles. The zero-order valence-electron chi connectivity index (χ0n) is 9.59. The quantitative estimate of drug-likeness (QED) is 0.902. The van der Waals surface area contributed by atoms with Gasteiger partial charge in [-0.05, 0) is 47.8 Å². The molecule has 1 atom stereocenters. The van der Waals surface area contributed by atoms with Crippen LogP contribution in [0.25, 0.3) is 0 Å². The molecule has 1 aliphatic heterocycles. The van der Waals surface area contributed by atoms with E-state index in [1.54, 1.807) is 0 Å². The number of ether oxygens (including phenoxy) is 1. The Hall–Kier alpha value is -0.810. The van der Waals surface area contributed by atoms with E-state index in [0.29, 0.717) is 22.2 Å². The van der Waals surface area contributed by atoms with Gasteiger partial charge in [0, 0.05) is 11.6 Å². The van der Waals surface area contributed by atoms with Crippen LogP contribution in [0.5, 0.6) is 11.5 Å². The van der Waals surface area contributed by atoms with Crippen LogP contribution in [0.4, 0.5) is 4.39 Å². The first-order valence-electron chi connectivity index (χ1n) is 5.60. The summed E-state index contributed by atoms with van der Waals surface area (Å²) in [6, 6.07) is 1.57. The molecule has 0 spiro atoms. The first-order chi connectivity index (χ1) is 8.13. The molecule has 1 heterocycles. The first-order valence-corrected chi connectivity index (χ1v) is 6.40. The normalized spacial score (nSPS) is 19.6. The van der Waals surface area contributed by atoms with Gasteiger partial charge in [-0.15, -0.1) is 0 Å². The second kappa shape index (κ2) is 5.23. The highest BCUT2D eigenvalue weighted by Gasteiger charge is 2.22. The summed E-state index contributed by atoms with van der Waals surface area (Å²) < 4.78 is 19.3. The number of phenols is 1. The van der Waals surface area contributed by atoms with Crippen molar-refractivity contribution in [3.63, 3.8) is 0 Å². The highest BCUT2D eigenvalue weighted by molar-refractivity contribution is 9.10. The van der Waals surface area contributed by atoms with Gasteiger partial charge in [-0.25, -0.2) is 4.39 Å². The maximum atomic E-state index is 13.8. The van der Waals surface area contributed by atoms with Crippen LogP contribution in [0.3, 0.4) is 0 Å². The number of aromatic hydroxyl groups is 1. The molecule has 1 aromatic rings. The summed E-state index contributed by atoms with van der Waals surface area (Å²) in [5.41, 5.74) is 0.324. The molecule has 1 aliphatic rings. The van der Waals surface area contributed by atoms with Gasteiger partial charge >= 0.3 is 0 Å². The van der Waals surface area contributed by atoms with E-state index in [2.05, 4.69) is 21.2 Å². The Kier molecular flexibility index (Phi) is 3.89. The molecular weight excluding hydrogens is 289 g/mol. The molecule has 3 nitrogen and oxygen atoms in total.